The summed E-state index contributed by atoms with van der Waals surface area (Å²) in [4.78, 5) is 20.1. The van der Waals surface area contributed by atoms with E-state index < -0.39 is 0 Å². The number of carbonyl (C=O) groups excluding carboxylic acids is 1. The molecule has 1 saturated heterocycles. The number of hydrogen-bond donors (Lipinski definition) is 0. The number of hydrogen-bond acceptors (Lipinski definition) is 4. The van der Waals surface area contributed by atoms with Crippen molar-refractivity contribution in [1.82, 2.24) is 4.90 Å². The Bertz CT molecular complexity index is 1250. The molecule has 0 atom stereocenters. The molecule has 0 aliphatic carbocycles. The van der Waals surface area contributed by atoms with Crippen LogP contribution in [0.5, 0.6) is 5.75 Å². The van der Waals surface area contributed by atoms with Crippen molar-refractivity contribution in [3.8, 4) is 5.75 Å². The van der Waals surface area contributed by atoms with E-state index in [2.05, 4.69) is 51.3 Å². The monoisotopic (exact) mass is 522 g/mol. The molecule has 3 aromatic carbocycles. The number of benzene rings is 3. The molecule has 1 aliphatic rings. The molecule has 0 unspecified atom stereocenters. The molecule has 3 aromatic rings. The standard InChI is InChI=1S/C27H27BrN2O2S/c1-17(2)29-27-30(18(3)4)26(31)25(33-27)15-19-10-12-24(23(28)14-19)32-16-20-9-11-21-7-5-6-8-22(21)13-20/h5-15,17-18H,16H2,1-4H3/b25-15+,29-27?. The van der Waals surface area contributed by atoms with Crippen LogP contribution in [0.15, 0.2) is 75.0 Å². The van der Waals surface area contributed by atoms with E-state index >= 15 is 0 Å². The number of amides is 1. The van der Waals surface area contributed by atoms with Crippen LogP contribution < -0.4 is 4.74 Å². The highest BCUT2D eigenvalue weighted by molar-refractivity contribution is 9.10. The Morgan fingerprint density at radius 1 is 1.03 bits per heavy atom. The summed E-state index contributed by atoms with van der Waals surface area (Å²) in [5.74, 6) is 0.767. The summed E-state index contributed by atoms with van der Waals surface area (Å²) in [5, 5.41) is 3.19. The zero-order valence-corrected chi connectivity index (χ0v) is 21.6. The lowest BCUT2D eigenvalue weighted by atomic mass is 10.1. The van der Waals surface area contributed by atoms with Gasteiger partial charge in [0.15, 0.2) is 5.17 Å². The van der Waals surface area contributed by atoms with Crippen molar-refractivity contribution in [2.45, 2.75) is 46.4 Å². The van der Waals surface area contributed by atoms with Gasteiger partial charge in [-0.25, -0.2) is 0 Å². The van der Waals surface area contributed by atoms with Gasteiger partial charge in [-0.1, -0.05) is 42.5 Å². The maximum atomic E-state index is 13.0. The van der Waals surface area contributed by atoms with Crippen LogP contribution in [-0.2, 0) is 11.4 Å². The minimum Gasteiger partial charge on any atom is -0.488 e. The van der Waals surface area contributed by atoms with E-state index in [9.17, 15) is 4.79 Å². The van der Waals surface area contributed by atoms with Gasteiger partial charge < -0.3 is 4.74 Å². The molecule has 1 amide bonds. The summed E-state index contributed by atoms with van der Waals surface area (Å²) in [7, 11) is 0. The zero-order chi connectivity index (χ0) is 23.5. The molecular weight excluding hydrogens is 496 g/mol. The fourth-order valence-electron chi connectivity index (χ4n) is 3.62. The van der Waals surface area contributed by atoms with E-state index in [0.29, 0.717) is 11.5 Å². The fourth-order valence-corrected chi connectivity index (χ4v) is 5.36. The van der Waals surface area contributed by atoms with Gasteiger partial charge in [-0.3, -0.25) is 14.7 Å². The van der Waals surface area contributed by atoms with Gasteiger partial charge in [0.25, 0.3) is 5.91 Å². The molecule has 0 aromatic heterocycles. The molecule has 0 radical (unpaired) electrons. The highest BCUT2D eigenvalue weighted by Gasteiger charge is 2.35. The lowest BCUT2D eigenvalue weighted by Gasteiger charge is -2.20. The molecule has 0 N–H and O–H groups in total. The van der Waals surface area contributed by atoms with E-state index in [0.717, 1.165) is 26.5 Å². The number of rotatable bonds is 6. The van der Waals surface area contributed by atoms with Crippen molar-refractivity contribution in [2.75, 3.05) is 0 Å². The van der Waals surface area contributed by atoms with Crippen molar-refractivity contribution in [2.24, 2.45) is 4.99 Å². The average Bonchev–Trinajstić information content (AvgIpc) is 3.07. The lowest BCUT2D eigenvalue weighted by molar-refractivity contribution is -0.123. The number of amidine groups is 1. The molecule has 4 nitrogen and oxygen atoms in total. The summed E-state index contributed by atoms with van der Waals surface area (Å²) < 4.78 is 6.91. The number of ether oxygens (including phenoxy) is 1. The van der Waals surface area contributed by atoms with Crippen LogP contribution in [0.2, 0.25) is 0 Å². The summed E-state index contributed by atoms with van der Waals surface area (Å²) in [6, 6.07) is 20.7. The first-order valence-electron chi connectivity index (χ1n) is 11.0. The average molecular weight is 523 g/mol. The van der Waals surface area contributed by atoms with Gasteiger partial charge in [-0.05, 0) is 102 Å². The van der Waals surface area contributed by atoms with E-state index in [-0.39, 0.29) is 18.0 Å². The third-order valence-electron chi connectivity index (χ3n) is 5.18. The molecule has 1 aliphatic heterocycles. The molecule has 1 fully saturated rings. The van der Waals surface area contributed by atoms with Crippen molar-refractivity contribution in [3.05, 3.63) is 81.2 Å². The minimum atomic E-state index is 0.00199. The normalized spacial score (nSPS) is 16.7. The van der Waals surface area contributed by atoms with Crippen LogP contribution >= 0.6 is 27.7 Å². The van der Waals surface area contributed by atoms with E-state index in [4.69, 9.17) is 4.74 Å². The molecule has 4 rings (SSSR count). The Kier molecular flexibility index (Phi) is 7.25. The highest BCUT2D eigenvalue weighted by atomic mass is 79.9. The van der Waals surface area contributed by atoms with Crippen molar-refractivity contribution in [3.63, 3.8) is 0 Å². The Labute approximate surface area is 207 Å². The van der Waals surface area contributed by atoms with Gasteiger partial charge >= 0.3 is 0 Å². The second-order valence-corrected chi connectivity index (χ2v) is 10.4. The van der Waals surface area contributed by atoms with Crippen LogP contribution in [-0.4, -0.2) is 28.1 Å². The Balaban J connectivity index is 1.50. The third kappa shape index (κ3) is 5.50. The van der Waals surface area contributed by atoms with Gasteiger partial charge in [-0.15, -0.1) is 0 Å². The minimum absolute atomic E-state index is 0.00199. The third-order valence-corrected chi connectivity index (χ3v) is 6.80. The second-order valence-electron chi connectivity index (χ2n) is 8.55. The zero-order valence-electron chi connectivity index (χ0n) is 19.2. The highest BCUT2D eigenvalue weighted by Crippen LogP contribution is 2.35. The van der Waals surface area contributed by atoms with Gasteiger partial charge in [0, 0.05) is 12.1 Å². The molecule has 33 heavy (non-hydrogen) atoms. The predicted octanol–water partition coefficient (Wildman–Crippen LogP) is 7.27. The van der Waals surface area contributed by atoms with Gasteiger partial charge in [0.1, 0.15) is 12.4 Å². The SMILES string of the molecule is CC(C)N=C1S/C(=C/c2ccc(OCc3ccc4ccccc4c3)c(Br)c2)C(=O)N1C(C)C. The quantitative estimate of drug-likeness (QED) is 0.319. The number of fused-ring (bicyclic) bond motifs is 1. The molecule has 1 heterocycles. The van der Waals surface area contributed by atoms with Crippen LogP contribution in [0.1, 0.15) is 38.8 Å². The summed E-state index contributed by atoms with van der Waals surface area (Å²) in [6.07, 6.45) is 1.92. The Morgan fingerprint density at radius 2 is 1.79 bits per heavy atom. The van der Waals surface area contributed by atoms with E-state index in [1.54, 1.807) is 4.90 Å². The predicted molar refractivity (Wildman–Crippen MR) is 143 cm³/mol. The first kappa shape index (κ1) is 23.6. The van der Waals surface area contributed by atoms with E-state index in [1.807, 2.05) is 64.1 Å². The molecule has 170 valence electrons. The second kappa shape index (κ2) is 10.1. The fraction of sp³-hybridized carbons (Fsp3) is 0.259. The van der Waals surface area contributed by atoms with Gasteiger partial charge in [0.05, 0.1) is 9.38 Å². The Hall–Kier alpha value is -2.57. The summed E-state index contributed by atoms with van der Waals surface area (Å²) >= 11 is 5.06. The largest absolute Gasteiger partial charge is 0.488 e. The smallest absolute Gasteiger partial charge is 0.266 e. The van der Waals surface area contributed by atoms with Crippen molar-refractivity contribution < 1.29 is 9.53 Å². The van der Waals surface area contributed by atoms with Crippen LogP contribution in [0, 0.1) is 0 Å². The van der Waals surface area contributed by atoms with Crippen molar-refractivity contribution in [1.29, 1.82) is 0 Å². The van der Waals surface area contributed by atoms with E-state index in [1.165, 1.54) is 22.5 Å². The number of nitrogens with zero attached hydrogens (tertiary/aromatic N) is 2. The number of carbonyl (C=O) groups is 1. The summed E-state index contributed by atoms with van der Waals surface area (Å²) in [5.41, 5.74) is 2.05. The summed E-state index contributed by atoms with van der Waals surface area (Å²) in [6.45, 7) is 8.54. The van der Waals surface area contributed by atoms with Gasteiger partial charge in [-0.2, -0.15) is 0 Å². The van der Waals surface area contributed by atoms with Crippen LogP contribution in [0.3, 0.4) is 0 Å². The molecule has 0 saturated carbocycles. The Morgan fingerprint density at radius 3 is 2.48 bits per heavy atom. The first-order chi connectivity index (χ1) is 15.8. The molecular formula is C27H27BrN2O2S. The molecule has 0 spiro atoms. The van der Waals surface area contributed by atoms with Crippen LogP contribution in [0.25, 0.3) is 16.8 Å². The molecule has 0 bridgehead atoms. The molecule has 6 heteroatoms. The number of halogens is 1. The van der Waals surface area contributed by atoms with Crippen molar-refractivity contribution >= 4 is 55.6 Å². The topological polar surface area (TPSA) is 41.9 Å². The lowest BCUT2D eigenvalue weighted by Crippen LogP contribution is -2.35. The first-order valence-corrected chi connectivity index (χ1v) is 12.6. The number of thioether (sulfide) groups is 1. The van der Waals surface area contributed by atoms with Gasteiger partial charge in [0.2, 0.25) is 0 Å². The van der Waals surface area contributed by atoms with Crippen LogP contribution in [0.4, 0.5) is 0 Å². The maximum absolute atomic E-state index is 13.0. The maximum Gasteiger partial charge on any atom is 0.266 e. The number of aliphatic imine (C=N–C) groups is 1.